The Morgan fingerprint density at radius 1 is 1.63 bits per heavy atom. The van der Waals surface area contributed by atoms with Crippen molar-refractivity contribution in [1.82, 2.24) is 15.2 Å². The number of carbonyl (C=O) groups is 1. The third-order valence-corrected chi connectivity index (χ3v) is 4.78. The van der Waals surface area contributed by atoms with Crippen LogP contribution in [0.15, 0.2) is 10.8 Å². The number of hydrogen-bond donors (Lipinski definition) is 0. The summed E-state index contributed by atoms with van der Waals surface area (Å²) in [5, 5.41) is 6.86. The van der Waals surface area contributed by atoms with Crippen LogP contribution >= 0.6 is 0 Å². The molecule has 19 heavy (non-hydrogen) atoms. The molecule has 1 unspecified atom stereocenters. The van der Waals surface area contributed by atoms with Gasteiger partial charge < -0.3 is 9.64 Å². The van der Waals surface area contributed by atoms with Crippen LogP contribution in [0.1, 0.15) is 16.9 Å². The van der Waals surface area contributed by atoms with Gasteiger partial charge in [-0.05, 0) is 11.6 Å². The molecule has 1 aromatic heterocycles. The molecule has 0 spiro atoms. The molecule has 0 aliphatic carbocycles. The van der Waals surface area contributed by atoms with Crippen molar-refractivity contribution in [1.29, 1.82) is 0 Å². The van der Waals surface area contributed by atoms with Crippen molar-refractivity contribution in [3.8, 4) is 0 Å². The van der Waals surface area contributed by atoms with E-state index >= 15 is 0 Å². The lowest BCUT2D eigenvalue weighted by atomic mass is 10.2. The molecule has 0 radical (unpaired) electrons. The van der Waals surface area contributed by atoms with E-state index in [2.05, 4.69) is 14.9 Å². The molecule has 1 aromatic rings. The van der Waals surface area contributed by atoms with E-state index in [1.54, 1.807) is 0 Å². The minimum absolute atomic E-state index is 0.0201. The Kier molecular flexibility index (Phi) is 4.15. The first kappa shape index (κ1) is 13.9. The maximum Gasteiger partial charge on any atom is 0.278 e. The second kappa shape index (κ2) is 5.66. The number of nitrogens with zero attached hydrogens (tertiary/aromatic N) is 3. The van der Waals surface area contributed by atoms with E-state index in [1.807, 2.05) is 0 Å². The molecule has 1 aliphatic heterocycles. The van der Waals surface area contributed by atoms with Gasteiger partial charge in [-0.25, -0.2) is 13.0 Å². The number of methoxy groups -OCH3 is 1. The highest BCUT2D eigenvalue weighted by molar-refractivity contribution is 7.91. The Hall–Kier alpha value is -1.48. The number of amides is 1. The summed E-state index contributed by atoms with van der Waals surface area (Å²) in [4.78, 5) is 13.7. The molecule has 1 amide bonds. The molecule has 9 heteroatoms. The summed E-state index contributed by atoms with van der Waals surface area (Å²) in [6.45, 7) is 0.635. The Balaban J connectivity index is 2.14. The Morgan fingerprint density at radius 3 is 2.95 bits per heavy atom. The fraction of sp³-hybridized carbons (Fsp3) is 0.700. The first-order valence-electron chi connectivity index (χ1n) is 5.81. The second-order valence-corrected chi connectivity index (χ2v) is 6.57. The lowest BCUT2D eigenvalue weighted by molar-refractivity contribution is 0.0613. The van der Waals surface area contributed by atoms with Crippen LogP contribution in [0.3, 0.4) is 0 Å². The predicted molar refractivity (Wildman–Crippen MR) is 64.3 cm³/mol. The molecule has 1 fully saturated rings. The standard InChI is InChI=1S/C10H15N3O5S/c1-17-4-3-13(8-2-5-19(15,16)7-8)10(14)9-6-11-18-12-9/h6,8H,2-5,7H2,1H3. The van der Waals surface area contributed by atoms with Crippen molar-refractivity contribution < 1.29 is 22.6 Å². The summed E-state index contributed by atoms with van der Waals surface area (Å²) < 4.78 is 32.4. The smallest absolute Gasteiger partial charge is 0.278 e. The van der Waals surface area contributed by atoms with E-state index < -0.39 is 9.84 Å². The van der Waals surface area contributed by atoms with Gasteiger partial charge in [-0.2, -0.15) is 0 Å². The van der Waals surface area contributed by atoms with E-state index in [9.17, 15) is 13.2 Å². The van der Waals surface area contributed by atoms with Crippen LogP contribution in [-0.2, 0) is 14.6 Å². The van der Waals surface area contributed by atoms with Gasteiger partial charge in [-0.1, -0.05) is 5.16 Å². The van der Waals surface area contributed by atoms with Crippen LogP contribution < -0.4 is 0 Å². The zero-order valence-corrected chi connectivity index (χ0v) is 11.3. The molecule has 0 N–H and O–H groups in total. The van der Waals surface area contributed by atoms with Gasteiger partial charge in [0.1, 0.15) is 6.20 Å². The normalized spacial score (nSPS) is 21.4. The van der Waals surface area contributed by atoms with E-state index in [1.165, 1.54) is 18.2 Å². The molecule has 1 aliphatic rings. The van der Waals surface area contributed by atoms with Crippen LogP contribution in [0, 0.1) is 0 Å². The first-order valence-corrected chi connectivity index (χ1v) is 7.63. The van der Waals surface area contributed by atoms with Gasteiger partial charge >= 0.3 is 0 Å². The molecule has 0 bridgehead atoms. The first-order chi connectivity index (χ1) is 9.03. The molecule has 0 aromatic carbocycles. The van der Waals surface area contributed by atoms with Crippen LogP contribution in [0.2, 0.25) is 0 Å². The number of rotatable bonds is 5. The lowest BCUT2D eigenvalue weighted by Gasteiger charge is -2.26. The summed E-state index contributed by atoms with van der Waals surface area (Å²) in [5.41, 5.74) is 0.0698. The fourth-order valence-electron chi connectivity index (χ4n) is 2.07. The Labute approximate surface area is 110 Å². The van der Waals surface area contributed by atoms with Crippen LogP contribution in [0.4, 0.5) is 0 Å². The third kappa shape index (κ3) is 3.29. The average molecular weight is 289 g/mol. The van der Waals surface area contributed by atoms with Gasteiger partial charge in [-0.15, -0.1) is 0 Å². The predicted octanol–water partition coefficient (Wildman–Crippen LogP) is -0.655. The monoisotopic (exact) mass is 289 g/mol. The minimum Gasteiger partial charge on any atom is -0.383 e. The van der Waals surface area contributed by atoms with Crippen molar-refractivity contribution in [2.75, 3.05) is 31.8 Å². The number of carbonyl (C=O) groups excluding carboxylic acids is 1. The zero-order valence-electron chi connectivity index (χ0n) is 10.5. The highest BCUT2D eigenvalue weighted by Gasteiger charge is 2.35. The quantitative estimate of drug-likeness (QED) is 0.709. The third-order valence-electron chi connectivity index (χ3n) is 3.03. The highest BCUT2D eigenvalue weighted by atomic mass is 32.2. The van der Waals surface area contributed by atoms with Crippen molar-refractivity contribution in [3.63, 3.8) is 0 Å². The number of ether oxygens (including phenoxy) is 1. The summed E-state index contributed by atoms with van der Waals surface area (Å²) >= 11 is 0. The number of aromatic nitrogens is 2. The van der Waals surface area contributed by atoms with Crippen LogP contribution in [0.5, 0.6) is 0 Å². The van der Waals surface area contributed by atoms with Crippen molar-refractivity contribution in [2.24, 2.45) is 0 Å². The van der Waals surface area contributed by atoms with Crippen molar-refractivity contribution >= 4 is 15.7 Å². The highest BCUT2D eigenvalue weighted by Crippen LogP contribution is 2.19. The van der Waals surface area contributed by atoms with Crippen LogP contribution in [0.25, 0.3) is 0 Å². The summed E-state index contributed by atoms with van der Waals surface area (Å²) in [5.74, 6) is -0.306. The average Bonchev–Trinajstić information content (AvgIpc) is 2.99. The van der Waals surface area contributed by atoms with E-state index in [0.717, 1.165) is 0 Å². The number of sulfone groups is 1. The van der Waals surface area contributed by atoms with Gasteiger partial charge in [0.05, 0.1) is 18.1 Å². The molecule has 2 rings (SSSR count). The molecular weight excluding hydrogens is 274 g/mol. The summed E-state index contributed by atoms with van der Waals surface area (Å²) in [6, 6.07) is -0.343. The van der Waals surface area contributed by atoms with Gasteiger partial charge in [-0.3, -0.25) is 4.79 Å². The molecule has 0 saturated carbocycles. The maximum absolute atomic E-state index is 12.2. The molecule has 2 heterocycles. The zero-order chi connectivity index (χ0) is 13.9. The molecule has 1 atom stereocenters. The van der Waals surface area contributed by atoms with Gasteiger partial charge in [0.2, 0.25) is 0 Å². The van der Waals surface area contributed by atoms with Crippen LogP contribution in [-0.4, -0.2) is 67.3 Å². The fourth-order valence-corrected chi connectivity index (χ4v) is 3.80. The lowest BCUT2D eigenvalue weighted by Crippen LogP contribution is -2.43. The van der Waals surface area contributed by atoms with Gasteiger partial charge in [0.25, 0.3) is 5.91 Å². The number of hydrogen-bond acceptors (Lipinski definition) is 7. The SMILES string of the molecule is COCCN(C(=O)c1cnon1)C1CCS(=O)(=O)C1. The minimum atomic E-state index is -3.06. The molecule has 1 saturated heterocycles. The largest absolute Gasteiger partial charge is 0.383 e. The molecule has 8 nitrogen and oxygen atoms in total. The van der Waals surface area contributed by atoms with E-state index in [0.29, 0.717) is 19.6 Å². The van der Waals surface area contributed by atoms with Crippen molar-refractivity contribution in [2.45, 2.75) is 12.5 Å². The maximum atomic E-state index is 12.2. The molecule has 106 valence electrons. The Bertz CT molecular complexity index is 527. The summed E-state index contributed by atoms with van der Waals surface area (Å²) in [6.07, 6.45) is 1.65. The Morgan fingerprint density at radius 2 is 2.42 bits per heavy atom. The molecular formula is C10H15N3O5S. The topological polar surface area (TPSA) is 103 Å². The van der Waals surface area contributed by atoms with Crippen molar-refractivity contribution in [3.05, 3.63) is 11.9 Å². The van der Waals surface area contributed by atoms with E-state index in [4.69, 9.17) is 4.74 Å². The van der Waals surface area contributed by atoms with Gasteiger partial charge in [0, 0.05) is 19.7 Å². The van der Waals surface area contributed by atoms with Gasteiger partial charge in [0.15, 0.2) is 15.5 Å². The summed E-state index contributed by atoms with van der Waals surface area (Å²) in [7, 11) is -1.54. The second-order valence-electron chi connectivity index (χ2n) is 4.34. The van der Waals surface area contributed by atoms with E-state index in [-0.39, 0.29) is 29.1 Å².